The Labute approximate surface area is 155 Å². The molecule has 0 fully saturated rings. The molecular weight excluding hydrogens is 366 g/mol. The van der Waals surface area contributed by atoms with Crippen molar-refractivity contribution in [1.29, 1.82) is 0 Å². The van der Waals surface area contributed by atoms with E-state index >= 15 is 0 Å². The van der Waals surface area contributed by atoms with Gasteiger partial charge in [-0.05, 0) is 22.9 Å². The van der Waals surface area contributed by atoms with Gasteiger partial charge in [-0.3, -0.25) is 0 Å². The minimum Gasteiger partial charge on any atom is -0.502 e. The number of rotatable bonds is 4. The summed E-state index contributed by atoms with van der Waals surface area (Å²) in [5.74, 6) is -1.66. The highest BCUT2D eigenvalue weighted by Gasteiger charge is 2.25. The number of hydrogen-bond donors (Lipinski definition) is 3. The molecule has 4 aromatic rings. The van der Waals surface area contributed by atoms with Gasteiger partial charge >= 0.3 is 0 Å². The molecule has 136 valence electrons. The standard InChI is InChI=1S/C20H15NO5S/c22-17-18(23)20(21-27(24,25)14-9-2-1-3-10-14)26-19(17)16-12-6-8-13-7-4-5-11-15(13)16/h1-12,21-23H. The first-order valence-electron chi connectivity index (χ1n) is 8.08. The van der Waals surface area contributed by atoms with Crippen LogP contribution < -0.4 is 4.72 Å². The van der Waals surface area contributed by atoms with Gasteiger partial charge in [-0.15, -0.1) is 0 Å². The second-order valence-corrected chi connectivity index (χ2v) is 7.59. The zero-order valence-corrected chi connectivity index (χ0v) is 14.8. The van der Waals surface area contributed by atoms with E-state index < -0.39 is 27.4 Å². The second-order valence-electron chi connectivity index (χ2n) is 5.90. The number of aromatic hydroxyl groups is 2. The molecule has 3 N–H and O–H groups in total. The topological polar surface area (TPSA) is 99.8 Å². The predicted octanol–water partition coefficient (Wildman–Crippen LogP) is 4.31. The summed E-state index contributed by atoms with van der Waals surface area (Å²) >= 11 is 0. The van der Waals surface area contributed by atoms with Crippen LogP contribution in [0.25, 0.3) is 22.1 Å². The normalized spacial score (nSPS) is 11.6. The van der Waals surface area contributed by atoms with E-state index in [1.54, 1.807) is 30.3 Å². The van der Waals surface area contributed by atoms with E-state index in [0.29, 0.717) is 5.56 Å². The van der Waals surface area contributed by atoms with Gasteiger partial charge in [-0.25, -0.2) is 13.1 Å². The van der Waals surface area contributed by atoms with Gasteiger partial charge < -0.3 is 14.6 Å². The molecule has 3 aromatic carbocycles. The number of sulfonamides is 1. The molecule has 6 nitrogen and oxygen atoms in total. The fourth-order valence-electron chi connectivity index (χ4n) is 2.87. The van der Waals surface area contributed by atoms with Crippen molar-refractivity contribution in [3.05, 3.63) is 72.8 Å². The largest absolute Gasteiger partial charge is 0.502 e. The van der Waals surface area contributed by atoms with Crippen LogP contribution >= 0.6 is 0 Å². The quantitative estimate of drug-likeness (QED) is 0.489. The van der Waals surface area contributed by atoms with E-state index in [-0.39, 0.29) is 10.7 Å². The Balaban J connectivity index is 1.80. The van der Waals surface area contributed by atoms with Crippen LogP contribution in [0.1, 0.15) is 0 Å². The van der Waals surface area contributed by atoms with Crippen LogP contribution in [-0.4, -0.2) is 18.6 Å². The summed E-state index contributed by atoms with van der Waals surface area (Å²) < 4.78 is 32.6. The van der Waals surface area contributed by atoms with Crippen LogP contribution in [0.4, 0.5) is 5.88 Å². The Morgan fingerprint density at radius 1 is 0.778 bits per heavy atom. The first-order valence-corrected chi connectivity index (χ1v) is 9.56. The molecule has 0 radical (unpaired) electrons. The molecule has 7 heteroatoms. The van der Waals surface area contributed by atoms with Gasteiger partial charge in [0, 0.05) is 5.56 Å². The van der Waals surface area contributed by atoms with Crippen molar-refractivity contribution in [3.63, 3.8) is 0 Å². The SMILES string of the molecule is O=S(=O)(Nc1oc(-c2cccc3ccccc23)c(O)c1O)c1ccccc1. The Hall–Kier alpha value is -3.45. The van der Waals surface area contributed by atoms with Crippen LogP contribution in [-0.2, 0) is 10.0 Å². The van der Waals surface area contributed by atoms with Crippen molar-refractivity contribution in [2.45, 2.75) is 4.90 Å². The fourth-order valence-corrected chi connectivity index (χ4v) is 3.89. The van der Waals surface area contributed by atoms with Gasteiger partial charge in [-0.1, -0.05) is 60.7 Å². The zero-order chi connectivity index (χ0) is 19.0. The zero-order valence-electron chi connectivity index (χ0n) is 14.0. The summed E-state index contributed by atoms with van der Waals surface area (Å²) in [6.07, 6.45) is 0. The molecule has 1 heterocycles. The van der Waals surface area contributed by atoms with Gasteiger partial charge in [0.1, 0.15) is 0 Å². The van der Waals surface area contributed by atoms with Crippen molar-refractivity contribution in [2.75, 3.05) is 4.72 Å². The second kappa shape index (κ2) is 6.37. The third-order valence-electron chi connectivity index (χ3n) is 4.17. The van der Waals surface area contributed by atoms with Gasteiger partial charge in [-0.2, -0.15) is 0 Å². The van der Waals surface area contributed by atoms with Gasteiger partial charge in [0.05, 0.1) is 4.90 Å². The van der Waals surface area contributed by atoms with Gasteiger partial charge in [0.25, 0.3) is 15.9 Å². The minimum absolute atomic E-state index is 0.00648. The number of anilines is 1. The first-order chi connectivity index (χ1) is 13.0. The smallest absolute Gasteiger partial charge is 0.264 e. The number of furan rings is 1. The van der Waals surface area contributed by atoms with E-state index in [0.717, 1.165) is 10.8 Å². The number of nitrogens with one attached hydrogen (secondary N) is 1. The van der Waals surface area contributed by atoms with Crippen LogP contribution in [0, 0.1) is 0 Å². The van der Waals surface area contributed by atoms with Crippen LogP contribution in [0.2, 0.25) is 0 Å². The van der Waals surface area contributed by atoms with E-state index in [9.17, 15) is 18.6 Å². The van der Waals surface area contributed by atoms with E-state index in [1.807, 2.05) is 30.3 Å². The van der Waals surface area contributed by atoms with Crippen molar-refractivity contribution < 1.29 is 23.0 Å². The third kappa shape index (κ3) is 2.98. The number of hydrogen-bond acceptors (Lipinski definition) is 5. The minimum atomic E-state index is -3.98. The molecule has 27 heavy (non-hydrogen) atoms. The van der Waals surface area contributed by atoms with Crippen molar-refractivity contribution >= 4 is 26.7 Å². The molecule has 0 spiro atoms. The average molecular weight is 381 g/mol. The maximum Gasteiger partial charge on any atom is 0.264 e. The Kier molecular flexibility index (Phi) is 4.01. The van der Waals surface area contributed by atoms with Crippen molar-refractivity contribution in [1.82, 2.24) is 0 Å². The summed E-state index contributed by atoms with van der Waals surface area (Å²) in [6, 6.07) is 20.5. The maximum atomic E-state index is 12.5. The summed E-state index contributed by atoms with van der Waals surface area (Å²) in [5, 5.41) is 22.2. The molecule has 0 bridgehead atoms. The lowest BCUT2D eigenvalue weighted by molar-refractivity contribution is 0.410. The molecule has 4 rings (SSSR count). The average Bonchev–Trinajstić information content (AvgIpc) is 2.96. The van der Waals surface area contributed by atoms with E-state index in [1.165, 1.54) is 12.1 Å². The molecule has 0 unspecified atom stereocenters. The molecular formula is C20H15NO5S. The van der Waals surface area contributed by atoms with Gasteiger partial charge in [0.2, 0.25) is 11.5 Å². The number of fused-ring (bicyclic) bond motifs is 1. The predicted molar refractivity (Wildman–Crippen MR) is 102 cm³/mol. The summed E-state index contributed by atoms with van der Waals surface area (Å²) in [7, 11) is -3.98. The van der Waals surface area contributed by atoms with Crippen molar-refractivity contribution in [3.8, 4) is 22.8 Å². The van der Waals surface area contributed by atoms with Crippen LogP contribution in [0.15, 0.2) is 82.1 Å². The Morgan fingerprint density at radius 2 is 1.44 bits per heavy atom. The molecule has 0 saturated heterocycles. The molecule has 0 amide bonds. The molecule has 0 saturated carbocycles. The highest BCUT2D eigenvalue weighted by Crippen LogP contribution is 2.47. The first kappa shape index (κ1) is 17.0. The van der Waals surface area contributed by atoms with Crippen LogP contribution in [0.5, 0.6) is 11.5 Å². The fraction of sp³-hybridized carbons (Fsp3) is 0. The summed E-state index contributed by atoms with van der Waals surface area (Å²) in [4.78, 5) is 0.00648. The Morgan fingerprint density at radius 3 is 2.22 bits per heavy atom. The molecule has 0 atom stereocenters. The van der Waals surface area contributed by atoms with E-state index in [4.69, 9.17) is 4.42 Å². The third-order valence-corrected chi connectivity index (χ3v) is 5.52. The highest BCUT2D eigenvalue weighted by molar-refractivity contribution is 7.92. The van der Waals surface area contributed by atoms with Crippen LogP contribution in [0.3, 0.4) is 0 Å². The van der Waals surface area contributed by atoms with Gasteiger partial charge in [0.15, 0.2) is 5.76 Å². The summed E-state index contributed by atoms with van der Waals surface area (Å²) in [5.41, 5.74) is 0.533. The monoisotopic (exact) mass is 381 g/mol. The lowest BCUT2D eigenvalue weighted by atomic mass is 10.0. The molecule has 0 aliphatic carbocycles. The molecule has 0 aliphatic rings. The highest BCUT2D eigenvalue weighted by atomic mass is 32.2. The summed E-state index contributed by atoms with van der Waals surface area (Å²) in [6.45, 7) is 0. The molecule has 1 aromatic heterocycles. The van der Waals surface area contributed by atoms with E-state index in [2.05, 4.69) is 4.72 Å². The maximum absolute atomic E-state index is 12.5. The van der Waals surface area contributed by atoms with Crippen molar-refractivity contribution in [2.24, 2.45) is 0 Å². The molecule has 0 aliphatic heterocycles. The lowest BCUT2D eigenvalue weighted by Crippen LogP contribution is -2.12. The Bertz CT molecular complexity index is 1220. The number of benzene rings is 3. The lowest BCUT2D eigenvalue weighted by Gasteiger charge is -2.06.